The molecule has 1 heterocycles. The van der Waals surface area contributed by atoms with Crippen molar-refractivity contribution in [2.24, 2.45) is 0 Å². The number of carbonyl (C=O) groups excluding carboxylic acids is 2. The zero-order valence-corrected chi connectivity index (χ0v) is 14.6. The van der Waals surface area contributed by atoms with E-state index in [1.165, 1.54) is 19.1 Å². The predicted octanol–water partition coefficient (Wildman–Crippen LogP) is 3.38. The molecule has 2 N–H and O–H groups in total. The first-order valence-corrected chi connectivity index (χ1v) is 8.66. The molecular weight excluding hydrogens is 354 g/mol. The second-order valence-corrected chi connectivity index (χ2v) is 6.32. The Labute approximate surface area is 153 Å². The quantitative estimate of drug-likeness (QED) is 0.507. The van der Waals surface area contributed by atoms with E-state index in [0.29, 0.717) is 22.7 Å². The summed E-state index contributed by atoms with van der Waals surface area (Å²) in [4.78, 5) is 23.2. The van der Waals surface area contributed by atoms with Crippen molar-refractivity contribution >= 4 is 29.1 Å². The largest absolute Gasteiger partial charge is 0.508 e. The third-order valence-electron chi connectivity index (χ3n) is 3.42. The smallest absolute Gasteiger partial charge is 0.277 e. The molecule has 0 bridgehead atoms. The fourth-order valence-corrected chi connectivity index (χ4v) is 2.66. The van der Waals surface area contributed by atoms with E-state index in [0.717, 1.165) is 11.8 Å². The Hall–Kier alpha value is -3.13. The lowest BCUT2D eigenvalue weighted by molar-refractivity contribution is -0.113. The Morgan fingerprint density at radius 1 is 1.08 bits per heavy atom. The number of hydrogen-bond acceptors (Lipinski definition) is 7. The van der Waals surface area contributed by atoms with Gasteiger partial charge in [0.1, 0.15) is 5.75 Å². The van der Waals surface area contributed by atoms with E-state index >= 15 is 0 Å². The van der Waals surface area contributed by atoms with Crippen LogP contribution in [0.2, 0.25) is 0 Å². The minimum atomic E-state index is -0.227. The summed E-state index contributed by atoms with van der Waals surface area (Å²) in [6.45, 7) is 1.49. The normalized spacial score (nSPS) is 10.5. The number of ketones is 1. The highest BCUT2D eigenvalue weighted by atomic mass is 32.2. The van der Waals surface area contributed by atoms with Gasteiger partial charge in [-0.25, -0.2) is 0 Å². The third kappa shape index (κ3) is 4.48. The highest BCUT2D eigenvalue weighted by Crippen LogP contribution is 2.24. The molecule has 2 aromatic carbocycles. The van der Waals surface area contributed by atoms with Crippen LogP contribution in [0.1, 0.15) is 17.3 Å². The van der Waals surface area contributed by atoms with E-state index in [1.54, 1.807) is 36.4 Å². The maximum absolute atomic E-state index is 12.0. The topological polar surface area (TPSA) is 105 Å². The van der Waals surface area contributed by atoms with Gasteiger partial charge in [0, 0.05) is 16.8 Å². The van der Waals surface area contributed by atoms with Gasteiger partial charge in [0.25, 0.3) is 5.22 Å². The van der Waals surface area contributed by atoms with E-state index in [2.05, 4.69) is 15.5 Å². The molecule has 1 amide bonds. The maximum Gasteiger partial charge on any atom is 0.277 e. The molecule has 0 atom stereocenters. The van der Waals surface area contributed by atoms with Crippen molar-refractivity contribution in [3.05, 3.63) is 54.1 Å². The number of carbonyl (C=O) groups is 2. The van der Waals surface area contributed by atoms with Gasteiger partial charge in [-0.15, -0.1) is 10.2 Å². The SMILES string of the molecule is CC(=O)c1ccc(NC(=O)CSc2nnc(-c3ccc(O)cc3)o2)cc1. The first kappa shape index (κ1) is 17.7. The van der Waals surface area contributed by atoms with Crippen LogP contribution in [0.4, 0.5) is 5.69 Å². The Kier molecular flexibility index (Phi) is 5.33. The molecule has 26 heavy (non-hydrogen) atoms. The minimum absolute atomic E-state index is 0.0285. The number of Topliss-reactive ketones (excluding diaryl/α,β-unsaturated/α-hetero) is 1. The average molecular weight is 369 g/mol. The van der Waals surface area contributed by atoms with Crippen LogP contribution in [0, 0.1) is 0 Å². The Bertz CT molecular complexity index is 920. The highest BCUT2D eigenvalue weighted by molar-refractivity contribution is 7.99. The molecule has 8 heteroatoms. The number of phenolic OH excluding ortho intramolecular Hbond substituents is 1. The van der Waals surface area contributed by atoms with Crippen LogP contribution in [0.3, 0.4) is 0 Å². The van der Waals surface area contributed by atoms with E-state index < -0.39 is 0 Å². The highest BCUT2D eigenvalue weighted by Gasteiger charge is 2.11. The van der Waals surface area contributed by atoms with Crippen molar-refractivity contribution in [2.45, 2.75) is 12.1 Å². The van der Waals surface area contributed by atoms with Crippen LogP contribution in [0.5, 0.6) is 5.75 Å². The van der Waals surface area contributed by atoms with Gasteiger partial charge >= 0.3 is 0 Å². The lowest BCUT2D eigenvalue weighted by Crippen LogP contribution is -2.14. The Balaban J connectivity index is 1.54. The van der Waals surface area contributed by atoms with Gasteiger partial charge in [-0.2, -0.15) is 0 Å². The number of aromatic nitrogens is 2. The lowest BCUT2D eigenvalue weighted by Gasteiger charge is -2.04. The second kappa shape index (κ2) is 7.83. The Morgan fingerprint density at radius 3 is 2.42 bits per heavy atom. The number of benzene rings is 2. The summed E-state index contributed by atoms with van der Waals surface area (Å²) >= 11 is 1.12. The molecule has 1 aromatic heterocycles. The average Bonchev–Trinajstić information content (AvgIpc) is 3.10. The molecule has 0 spiro atoms. The molecule has 3 aromatic rings. The predicted molar refractivity (Wildman–Crippen MR) is 97.2 cm³/mol. The molecule has 0 aliphatic rings. The van der Waals surface area contributed by atoms with Gasteiger partial charge < -0.3 is 14.8 Å². The number of amides is 1. The van der Waals surface area contributed by atoms with Crippen LogP contribution in [0.15, 0.2) is 58.2 Å². The van der Waals surface area contributed by atoms with Crippen molar-refractivity contribution in [1.29, 1.82) is 0 Å². The van der Waals surface area contributed by atoms with Crippen molar-refractivity contribution in [3.63, 3.8) is 0 Å². The lowest BCUT2D eigenvalue weighted by atomic mass is 10.1. The van der Waals surface area contributed by atoms with Crippen molar-refractivity contribution < 1.29 is 19.1 Å². The molecule has 7 nitrogen and oxygen atoms in total. The Morgan fingerprint density at radius 2 is 1.77 bits per heavy atom. The molecule has 0 radical (unpaired) electrons. The molecule has 0 saturated carbocycles. The molecule has 0 fully saturated rings. The summed E-state index contributed by atoms with van der Waals surface area (Å²) in [6.07, 6.45) is 0. The van der Waals surface area contributed by atoms with Gasteiger partial charge in [-0.1, -0.05) is 11.8 Å². The summed E-state index contributed by atoms with van der Waals surface area (Å²) in [5.74, 6) is 0.309. The number of nitrogens with one attached hydrogen (secondary N) is 1. The van der Waals surface area contributed by atoms with E-state index in [1.807, 2.05) is 0 Å². The number of aromatic hydroxyl groups is 1. The van der Waals surface area contributed by atoms with Crippen LogP contribution >= 0.6 is 11.8 Å². The molecule has 3 rings (SSSR count). The summed E-state index contributed by atoms with van der Waals surface area (Å²) in [6, 6.07) is 13.0. The first-order valence-electron chi connectivity index (χ1n) is 7.68. The van der Waals surface area contributed by atoms with Gasteiger partial charge in [-0.3, -0.25) is 9.59 Å². The van der Waals surface area contributed by atoms with Crippen LogP contribution in [-0.2, 0) is 4.79 Å². The van der Waals surface area contributed by atoms with Crippen molar-refractivity contribution in [1.82, 2.24) is 10.2 Å². The molecule has 132 valence electrons. The number of rotatable bonds is 6. The number of phenols is 1. The van der Waals surface area contributed by atoms with Crippen molar-refractivity contribution in [2.75, 3.05) is 11.1 Å². The van der Waals surface area contributed by atoms with Crippen LogP contribution in [-0.4, -0.2) is 32.7 Å². The van der Waals surface area contributed by atoms with Crippen molar-refractivity contribution in [3.8, 4) is 17.2 Å². The molecule has 0 aliphatic heterocycles. The summed E-state index contributed by atoms with van der Waals surface area (Å²) < 4.78 is 5.49. The molecular formula is C18H15N3O4S. The number of nitrogens with zero attached hydrogens (tertiary/aromatic N) is 2. The molecule has 0 aliphatic carbocycles. The van der Waals surface area contributed by atoms with Crippen LogP contribution < -0.4 is 5.32 Å². The zero-order chi connectivity index (χ0) is 18.5. The van der Waals surface area contributed by atoms with Gasteiger partial charge in [0.05, 0.1) is 5.75 Å². The van der Waals surface area contributed by atoms with E-state index in [9.17, 15) is 14.7 Å². The fourth-order valence-electron chi connectivity index (χ4n) is 2.10. The van der Waals surface area contributed by atoms with Crippen LogP contribution in [0.25, 0.3) is 11.5 Å². The molecule has 0 saturated heterocycles. The molecule has 0 unspecified atom stereocenters. The first-order chi connectivity index (χ1) is 12.5. The van der Waals surface area contributed by atoms with Gasteiger partial charge in [0.2, 0.25) is 11.8 Å². The minimum Gasteiger partial charge on any atom is -0.508 e. The second-order valence-electron chi connectivity index (χ2n) is 5.39. The van der Waals surface area contributed by atoms with E-state index in [-0.39, 0.29) is 28.4 Å². The third-order valence-corrected chi connectivity index (χ3v) is 4.24. The number of anilines is 1. The zero-order valence-electron chi connectivity index (χ0n) is 13.8. The fraction of sp³-hybridized carbons (Fsp3) is 0.111. The maximum atomic E-state index is 12.0. The number of thioether (sulfide) groups is 1. The summed E-state index contributed by atoms with van der Waals surface area (Å²) in [5, 5.41) is 20.1. The summed E-state index contributed by atoms with van der Waals surface area (Å²) in [5.41, 5.74) is 1.87. The monoisotopic (exact) mass is 369 g/mol. The summed E-state index contributed by atoms with van der Waals surface area (Å²) in [7, 11) is 0. The van der Waals surface area contributed by atoms with Gasteiger partial charge in [-0.05, 0) is 55.5 Å². The standard InChI is InChI=1S/C18H15N3O4S/c1-11(22)12-2-6-14(7-3-12)19-16(24)10-26-18-21-20-17(25-18)13-4-8-15(23)9-5-13/h2-9,23H,10H2,1H3,(H,19,24). The number of hydrogen-bond donors (Lipinski definition) is 2. The van der Waals surface area contributed by atoms with E-state index in [4.69, 9.17) is 4.42 Å². The van der Waals surface area contributed by atoms with Gasteiger partial charge in [0.15, 0.2) is 5.78 Å².